The van der Waals surface area contributed by atoms with Gasteiger partial charge in [0.25, 0.3) is 0 Å². The summed E-state index contributed by atoms with van der Waals surface area (Å²) in [6, 6.07) is 7.17. The third-order valence-corrected chi connectivity index (χ3v) is 7.31. The van der Waals surface area contributed by atoms with E-state index >= 15 is 0 Å². The van der Waals surface area contributed by atoms with Crippen molar-refractivity contribution in [1.82, 2.24) is 14.9 Å². The van der Waals surface area contributed by atoms with Crippen LogP contribution < -0.4 is 10.1 Å². The molecule has 10 heteroatoms. The van der Waals surface area contributed by atoms with Crippen LogP contribution in [0.2, 0.25) is 5.02 Å². The minimum absolute atomic E-state index is 0.0388. The minimum Gasteiger partial charge on any atom is -0.487 e. The molecule has 1 saturated carbocycles. The number of rotatable bonds is 7. The Morgan fingerprint density at radius 1 is 1.24 bits per heavy atom. The zero-order valence-electron chi connectivity index (χ0n) is 18.7. The van der Waals surface area contributed by atoms with Crippen LogP contribution in [0.1, 0.15) is 19.3 Å². The van der Waals surface area contributed by atoms with Gasteiger partial charge >= 0.3 is 5.69 Å². The number of likely N-dealkylation sites (tertiary alicyclic amines) is 1. The van der Waals surface area contributed by atoms with Crippen LogP contribution in [0.4, 0.5) is 21.6 Å². The lowest BCUT2D eigenvalue weighted by atomic mass is 9.83. The second-order valence-electron chi connectivity index (χ2n) is 9.19. The van der Waals surface area contributed by atoms with Gasteiger partial charge in [0.15, 0.2) is 5.75 Å². The summed E-state index contributed by atoms with van der Waals surface area (Å²) in [6.07, 6.45) is 4.76. The number of nitro groups is 1. The van der Waals surface area contributed by atoms with Crippen LogP contribution in [0.15, 0.2) is 36.7 Å². The summed E-state index contributed by atoms with van der Waals surface area (Å²) in [6.45, 7) is 2.66. The third-order valence-electron chi connectivity index (χ3n) is 7.02. The maximum absolute atomic E-state index is 13.5. The lowest BCUT2D eigenvalue weighted by Gasteiger charge is -2.36. The number of aromatic nitrogens is 2. The van der Waals surface area contributed by atoms with Crippen molar-refractivity contribution in [3.63, 3.8) is 0 Å². The van der Waals surface area contributed by atoms with Gasteiger partial charge in [0.2, 0.25) is 0 Å². The monoisotopic (exact) mass is 485 g/mol. The number of benzene rings is 2. The number of anilines is 2. The number of halogens is 2. The highest BCUT2D eigenvalue weighted by molar-refractivity contribution is 6.31. The predicted molar refractivity (Wildman–Crippen MR) is 128 cm³/mol. The molecule has 1 aliphatic carbocycles. The smallest absolute Gasteiger partial charge is 0.311 e. The summed E-state index contributed by atoms with van der Waals surface area (Å²) in [5, 5.41) is 15.3. The molecule has 2 aliphatic rings. The number of nitrogens with one attached hydrogen (secondary N) is 1. The summed E-state index contributed by atoms with van der Waals surface area (Å²) in [5.41, 5.74) is 0.863. The molecular formula is C24H25ClFN5O3. The lowest BCUT2D eigenvalue weighted by Crippen LogP contribution is -2.39. The molecule has 2 bridgehead atoms. The van der Waals surface area contributed by atoms with Crippen molar-refractivity contribution in [1.29, 1.82) is 0 Å². The Morgan fingerprint density at radius 3 is 2.71 bits per heavy atom. The van der Waals surface area contributed by atoms with E-state index in [1.54, 1.807) is 6.07 Å². The zero-order valence-corrected chi connectivity index (χ0v) is 19.5. The molecule has 0 radical (unpaired) electrons. The van der Waals surface area contributed by atoms with Gasteiger partial charge in [0, 0.05) is 30.9 Å². The molecule has 0 amide bonds. The highest BCUT2D eigenvalue weighted by atomic mass is 35.5. The molecule has 1 saturated heterocycles. The summed E-state index contributed by atoms with van der Waals surface area (Å²) in [4.78, 5) is 22.3. The number of hydrogen-bond donors (Lipinski definition) is 1. The van der Waals surface area contributed by atoms with Crippen molar-refractivity contribution in [2.45, 2.75) is 19.3 Å². The number of piperidine rings is 1. The highest BCUT2D eigenvalue weighted by Gasteiger charge is 2.40. The minimum atomic E-state index is -0.537. The quantitative estimate of drug-likeness (QED) is 0.352. The Bertz CT molecular complexity index is 1230. The molecule has 0 spiro atoms. The average Bonchev–Trinajstić information content (AvgIpc) is 3.04. The first-order valence-electron chi connectivity index (χ1n) is 11.4. The van der Waals surface area contributed by atoms with Crippen LogP contribution in [0, 0.1) is 33.7 Å². The Labute approximate surface area is 201 Å². The van der Waals surface area contributed by atoms with E-state index in [9.17, 15) is 14.5 Å². The topological polar surface area (TPSA) is 93.4 Å². The van der Waals surface area contributed by atoms with Gasteiger partial charge in [-0.25, -0.2) is 14.4 Å². The van der Waals surface area contributed by atoms with Crippen molar-refractivity contribution < 1.29 is 14.1 Å². The summed E-state index contributed by atoms with van der Waals surface area (Å²) in [7, 11) is 2.17. The van der Waals surface area contributed by atoms with Crippen molar-refractivity contribution in [3.8, 4) is 5.75 Å². The summed E-state index contributed by atoms with van der Waals surface area (Å²) in [5.74, 6) is 1.99. The van der Waals surface area contributed by atoms with E-state index in [1.807, 2.05) is 0 Å². The van der Waals surface area contributed by atoms with E-state index in [0.717, 1.165) is 19.5 Å². The molecule has 2 aromatic carbocycles. The average molecular weight is 486 g/mol. The van der Waals surface area contributed by atoms with Crippen LogP contribution in [0.5, 0.6) is 5.75 Å². The second kappa shape index (κ2) is 9.31. The van der Waals surface area contributed by atoms with Crippen molar-refractivity contribution in [3.05, 3.63) is 57.6 Å². The molecule has 5 rings (SSSR count). The van der Waals surface area contributed by atoms with Gasteiger partial charge < -0.3 is 15.0 Å². The third kappa shape index (κ3) is 4.50. The first-order valence-corrected chi connectivity index (χ1v) is 11.7. The van der Waals surface area contributed by atoms with Gasteiger partial charge in [-0.2, -0.15) is 0 Å². The molecule has 3 aromatic rings. The maximum Gasteiger partial charge on any atom is 0.311 e. The molecule has 2 unspecified atom stereocenters. The summed E-state index contributed by atoms with van der Waals surface area (Å²) < 4.78 is 19.4. The number of nitro benzene ring substituents is 1. The van der Waals surface area contributed by atoms with Gasteiger partial charge in [-0.3, -0.25) is 10.1 Å². The van der Waals surface area contributed by atoms with E-state index in [0.29, 0.717) is 46.8 Å². The molecule has 1 N–H and O–H groups in total. The largest absolute Gasteiger partial charge is 0.487 e. The van der Waals surface area contributed by atoms with Gasteiger partial charge in [-0.1, -0.05) is 11.6 Å². The second-order valence-corrected chi connectivity index (χ2v) is 9.60. The van der Waals surface area contributed by atoms with E-state index in [4.69, 9.17) is 16.3 Å². The number of hydrogen-bond acceptors (Lipinski definition) is 7. The van der Waals surface area contributed by atoms with Crippen molar-refractivity contribution in [2.75, 3.05) is 32.1 Å². The summed E-state index contributed by atoms with van der Waals surface area (Å²) >= 11 is 5.86. The normalized spacial score (nSPS) is 22.1. The van der Waals surface area contributed by atoms with Crippen LogP contribution in [-0.2, 0) is 0 Å². The number of fused-ring (bicyclic) bond motifs is 3. The van der Waals surface area contributed by atoms with Crippen molar-refractivity contribution in [2.24, 2.45) is 17.8 Å². The van der Waals surface area contributed by atoms with Crippen LogP contribution in [0.25, 0.3) is 10.9 Å². The van der Waals surface area contributed by atoms with Gasteiger partial charge in [0.05, 0.1) is 27.5 Å². The number of nitrogens with zero attached hydrogens (tertiary/aromatic N) is 4. The zero-order chi connectivity index (χ0) is 23.8. The molecule has 1 aliphatic heterocycles. The van der Waals surface area contributed by atoms with E-state index in [-0.39, 0.29) is 16.5 Å². The Balaban J connectivity index is 1.37. The standard InChI is InChI=1S/C24H25ClFN5O3/c1-30-11-14-2-3-15(12-30)17(14)6-7-34-23-10-21-18(9-22(23)31(32)33)24(28-13-27-21)29-16-4-5-20(26)19(25)8-16/h4-5,8-10,13-15,17H,2-3,6-7,11-12H2,1H3,(H,27,28,29). The van der Waals surface area contributed by atoms with Crippen molar-refractivity contribution >= 4 is 39.7 Å². The van der Waals surface area contributed by atoms with E-state index < -0.39 is 10.7 Å². The van der Waals surface area contributed by atoms with Crippen LogP contribution in [-0.4, -0.2) is 46.5 Å². The molecule has 178 valence electrons. The molecule has 34 heavy (non-hydrogen) atoms. The molecule has 8 nitrogen and oxygen atoms in total. The number of ether oxygens (including phenoxy) is 1. The maximum atomic E-state index is 13.5. The fourth-order valence-electron chi connectivity index (χ4n) is 5.49. The SMILES string of the molecule is CN1CC2CCC(C1)C2CCOc1cc2ncnc(Nc3ccc(F)c(Cl)c3)c2cc1[N+](=O)[O-]. The van der Waals surface area contributed by atoms with Crippen LogP contribution >= 0.6 is 11.6 Å². The first-order chi connectivity index (χ1) is 16.4. The molecule has 2 heterocycles. The Hall–Kier alpha value is -3.04. The highest BCUT2D eigenvalue weighted by Crippen LogP contribution is 2.43. The van der Waals surface area contributed by atoms with Gasteiger partial charge in [-0.15, -0.1) is 0 Å². The van der Waals surface area contributed by atoms with Gasteiger partial charge in [-0.05, 0) is 62.3 Å². The van der Waals surface area contributed by atoms with E-state index in [2.05, 4.69) is 27.2 Å². The lowest BCUT2D eigenvalue weighted by molar-refractivity contribution is -0.385. The Morgan fingerprint density at radius 2 is 2.00 bits per heavy atom. The fourth-order valence-corrected chi connectivity index (χ4v) is 5.67. The van der Waals surface area contributed by atoms with E-state index in [1.165, 1.54) is 43.4 Å². The molecule has 2 fully saturated rings. The first kappa shape index (κ1) is 22.7. The predicted octanol–water partition coefficient (Wildman–Crippen LogP) is 5.43. The van der Waals surface area contributed by atoms with Crippen LogP contribution in [0.3, 0.4) is 0 Å². The Kier molecular flexibility index (Phi) is 6.22. The van der Waals surface area contributed by atoms with Gasteiger partial charge in [0.1, 0.15) is 18.0 Å². The molecule has 2 atom stereocenters. The fraction of sp³-hybridized carbons (Fsp3) is 0.417. The molecule has 1 aromatic heterocycles. The molecular weight excluding hydrogens is 461 g/mol.